The molecule has 138 valence electrons. The molecule has 24 heavy (non-hydrogen) atoms. The van der Waals surface area contributed by atoms with Gasteiger partial charge in [-0.05, 0) is 37.4 Å². The lowest BCUT2D eigenvalue weighted by molar-refractivity contribution is -0.172. The lowest BCUT2D eigenvalue weighted by Gasteiger charge is -2.38. The molecule has 5 heteroatoms. The second-order valence-corrected chi connectivity index (χ2v) is 13.8. The van der Waals surface area contributed by atoms with Crippen LogP contribution in [0.25, 0.3) is 0 Å². The molecule has 0 aromatic rings. The van der Waals surface area contributed by atoms with Crippen LogP contribution in [0, 0.1) is 11.8 Å². The first kappa shape index (κ1) is 18.6. The molecule has 0 aromatic heterocycles. The fourth-order valence-electron chi connectivity index (χ4n) is 3.48. The highest BCUT2D eigenvalue weighted by atomic mass is 28.4. The number of ether oxygens (including phenoxy) is 3. The van der Waals surface area contributed by atoms with E-state index in [2.05, 4.69) is 46.0 Å². The molecule has 4 nitrogen and oxygen atoms in total. The summed E-state index contributed by atoms with van der Waals surface area (Å²) < 4.78 is 24.4. The number of hydrogen-bond acceptors (Lipinski definition) is 4. The average Bonchev–Trinajstić information content (AvgIpc) is 3.12. The molecule has 3 aliphatic heterocycles. The van der Waals surface area contributed by atoms with Gasteiger partial charge in [0.05, 0.1) is 18.8 Å². The van der Waals surface area contributed by atoms with Crippen molar-refractivity contribution < 1.29 is 18.6 Å². The molecule has 3 rings (SSSR count). The van der Waals surface area contributed by atoms with Crippen LogP contribution in [0.5, 0.6) is 0 Å². The third-order valence-electron chi connectivity index (χ3n) is 6.25. The van der Waals surface area contributed by atoms with Crippen molar-refractivity contribution in [2.75, 3.05) is 19.8 Å². The molecule has 0 aliphatic carbocycles. The van der Waals surface area contributed by atoms with Gasteiger partial charge in [-0.25, -0.2) is 0 Å². The van der Waals surface area contributed by atoms with Crippen LogP contribution in [0.15, 0.2) is 12.2 Å². The van der Waals surface area contributed by atoms with Crippen molar-refractivity contribution >= 4 is 8.32 Å². The van der Waals surface area contributed by atoms with E-state index in [-0.39, 0.29) is 23.5 Å². The van der Waals surface area contributed by atoms with Crippen molar-refractivity contribution in [2.24, 2.45) is 11.8 Å². The topological polar surface area (TPSA) is 36.9 Å². The first-order valence-corrected chi connectivity index (χ1v) is 12.4. The van der Waals surface area contributed by atoms with Gasteiger partial charge in [0, 0.05) is 25.0 Å². The summed E-state index contributed by atoms with van der Waals surface area (Å²) in [5.74, 6) is 0.785. The molecule has 3 aliphatic rings. The number of rotatable bonds is 6. The zero-order valence-corrected chi connectivity index (χ0v) is 16.9. The van der Waals surface area contributed by atoms with Gasteiger partial charge >= 0.3 is 0 Å². The average molecular weight is 355 g/mol. The highest BCUT2D eigenvalue weighted by Gasteiger charge is 2.47. The Morgan fingerprint density at radius 3 is 2.29 bits per heavy atom. The highest BCUT2D eigenvalue weighted by molar-refractivity contribution is 6.74. The molecule has 2 saturated heterocycles. The highest BCUT2D eigenvalue weighted by Crippen LogP contribution is 2.42. The summed E-state index contributed by atoms with van der Waals surface area (Å²) in [6.45, 7) is 13.8. The van der Waals surface area contributed by atoms with Crippen LogP contribution in [0.4, 0.5) is 0 Å². The van der Waals surface area contributed by atoms with Gasteiger partial charge in [-0.1, -0.05) is 32.9 Å². The van der Waals surface area contributed by atoms with Crippen molar-refractivity contribution in [3.8, 4) is 0 Å². The van der Waals surface area contributed by atoms with Crippen LogP contribution < -0.4 is 0 Å². The smallest absolute Gasteiger partial charge is 0.191 e. The van der Waals surface area contributed by atoms with Crippen LogP contribution >= 0.6 is 0 Å². The molecule has 0 amide bonds. The Balaban J connectivity index is 1.55. The Bertz CT molecular complexity index is 451. The fraction of sp³-hybridized carbons (Fsp3) is 0.895. The largest absolute Gasteiger partial charge is 0.416 e. The molecule has 5 atom stereocenters. The fourth-order valence-corrected chi connectivity index (χ4v) is 4.53. The van der Waals surface area contributed by atoms with Gasteiger partial charge in [-0.2, -0.15) is 0 Å². The van der Waals surface area contributed by atoms with Gasteiger partial charge in [0.2, 0.25) is 0 Å². The maximum atomic E-state index is 6.49. The first-order chi connectivity index (χ1) is 11.3. The normalized spacial score (nSPS) is 36.5. The first-order valence-electron chi connectivity index (χ1n) is 9.49. The monoisotopic (exact) mass is 354 g/mol. The third kappa shape index (κ3) is 3.96. The molecule has 0 saturated carbocycles. The summed E-state index contributed by atoms with van der Waals surface area (Å²) in [5.41, 5.74) is 0. The minimum Gasteiger partial charge on any atom is -0.416 e. The molecule has 2 bridgehead atoms. The van der Waals surface area contributed by atoms with E-state index in [1.807, 2.05) is 0 Å². The summed E-state index contributed by atoms with van der Waals surface area (Å²) >= 11 is 0. The van der Waals surface area contributed by atoms with E-state index in [9.17, 15) is 0 Å². The minimum atomic E-state index is -1.73. The summed E-state index contributed by atoms with van der Waals surface area (Å²) in [6, 6.07) is 0. The number of hydrogen-bond donors (Lipinski definition) is 0. The van der Waals surface area contributed by atoms with Gasteiger partial charge < -0.3 is 18.6 Å². The molecule has 0 N–H and O–H groups in total. The van der Waals surface area contributed by atoms with E-state index < -0.39 is 8.32 Å². The SMILES string of the molecule is CC(C)(C)[Si](C)(C)OC[C@H]1[C@@H](COC2CCCCO2)[C@@H]2C=C[C@H]1O2. The van der Waals surface area contributed by atoms with Crippen LogP contribution in [0.3, 0.4) is 0 Å². The van der Waals surface area contributed by atoms with Gasteiger partial charge in [0.25, 0.3) is 0 Å². The summed E-state index contributed by atoms with van der Waals surface area (Å²) in [5, 5.41) is 0.239. The van der Waals surface area contributed by atoms with Gasteiger partial charge in [0.1, 0.15) is 0 Å². The lowest BCUT2D eigenvalue weighted by atomic mass is 9.84. The maximum absolute atomic E-state index is 6.49. The van der Waals surface area contributed by atoms with Crippen molar-refractivity contribution in [1.29, 1.82) is 0 Å². The van der Waals surface area contributed by atoms with Crippen LogP contribution in [-0.2, 0) is 18.6 Å². The van der Waals surface area contributed by atoms with Gasteiger partial charge in [0.15, 0.2) is 14.6 Å². The summed E-state index contributed by atoms with van der Waals surface area (Å²) in [6.07, 6.45) is 8.14. The van der Waals surface area contributed by atoms with E-state index in [0.717, 1.165) is 26.1 Å². The van der Waals surface area contributed by atoms with E-state index in [0.29, 0.717) is 18.4 Å². The molecule has 0 aromatic carbocycles. The predicted octanol–water partition coefficient (Wildman–Crippen LogP) is 4.12. The molecule has 2 fully saturated rings. The third-order valence-corrected chi connectivity index (χ3v) is 10.8. The maximum Gasteiger partial charge on any atom is 0.191 e. The van der Waals surface area contributed by atoms with E-state index in [4.69, 9.17) is 18.6 Å². The summed E-state index contributed by atoms with van der Waals surface area (Å²) in [4.78, 5) is 0. The Hall–Kier alpha value is -0.203. The lowest BCUT2D eigenvalue weighted by Crippen LogP contribution is -2.44. The van der Waals surface area contributed by atoms with Crippen molar-refractivity contribution in [1.82, 2.24) is 0 Å². The molecule has 3 heterocycles. The van der Waals surface area contributed by atoms with E-state index in [1.54, 1.807) is 0 Å². The van der Waals surface area contributed by atoms with Crippen LogP contribution in [0.2, 0.25) is 18.1 Å². The molecular weight excluding hydrogens is 320 g/mol. The molecule has 0 spiro atoms. The predicted molar refractivity (Wildman–Crippen MR) is 97.5 cm³/mol. The van der Waals surface area contributed by atoms with Crippen molar-refractivity contribution in [3.63, 3.8) is 0 Å². The quantitative estimate of drug-likeness (QED) is 0.531. The molecule has 1 unspecified atom stereocenters. The standard InChI is InChI=1S/C19H34O4Si/c1-19(2,3)24(4,5)22-13-15-14(16-9-10-17(15)23-16)12-21-18-8-6-7-11-20-18/h9-10,14-18H,6-8,11-13H2,1-5H3/t14-,15+,16+,17-,18?/m1/s1. The Morgan fingerprint density at radius 2 is 1.71 bits per heavy atom. The molecular formula is C19H34O4Si. The second kappa shape index (κ2) is 7.20. The Morgan fingerprint density at radius 1 is 1.04 bits per heavy atom. The Labute approximate surface area is 148 Å². The van der Waals surface area contributed by atoms with Gasteiger partial charge in [-0.3, -0.25) is 0 Å². The number of fused-ring (bicyclic) bond motifs is 2. The minimum absolute atomic E-state index is 0.0242. The summed E-state index contributed by atoms with van der Waals surface area (Å²) in [7, 11) is -1.73. The van der Waals surface area contributed by atoms with Gasteiger partial charge in [-0.15, -0.1) is 0 Å². The van der Waals surface area contributed by atoms with Crippen LogP contribution in [0.1, 0.15) is 40.0 Å². The molecule has 0 radical (unpaired) electrons. The van der Waals surface area contributed by atoms with Crippen molar-refractivity contribution in [2.45, 2.75) is 76.7 Å². The van der Waals surface area contributed by atoms with Crippen LogP contribution in [-0.4, -0.2) is 46.6 Å². The van der Waals surface area contributed by atoms with E-state index in [1.165, 1.54) is 6.42 Å². The zero-order chi connectivity index (χ0) is 17.4. The second-order valence-electron chi connectivity index (χ2n) is 8.98. The zero-order valence-electron chi connectivity index (χ0n) is 15.9. The van der Waals surface area contributed by atoms with E-state index >= 15 is 0 Å². The van der Waals surface area contributed by atoms with Crippen molar-refractivity contribution in [3.05, 3.63) is 12.2 Å². The Kier molecular flexibility index (Phi) is 5.57.